The summed E-state index contributed by atoms with van der Waals surface area (Å²) < 4.78 is 5.36. The molecule has 2 rings (SSSR count). The van der Waals surface area contributed by atoms with Crippen LogP contribution < -0.4 is 10.1 Å². The van der Waals surface area contributed by atoms with E-state index in [1.807, 2.05) is 26.1 Å². The van der Waals surface area contributed by atoms with Gasteiger partial charge in [0.1, 0.15) is 0 Å². The highest BCUT2D eigenvalue weighted by molar-refractivity contribution is 6.28. The number of halogens is 1. The first-order chi connectivity index (χ1) is 9.69. The molecule has 0 amide bonds. The lowest BCUT2D eigenvalue weighted by molar-refractivity contribution is 0.291. The molecule has 0 aliphatic rings. The van der Waals surface area contributed by atoms with E-state index in [9.17, 15) is 0 Å². The van der Waals surface area contributed by atoms with Crippen LogP contribution in [0.25, 0.3) is 0 Å². The molecule has 20 heavy (non-hydrogen) atoms. The molecule has 0 fully saturated rings. The van der Waals surface area contributed by atoms with Crippen LogP contribution in [0.5, 0.6) is 6.01 Å². The zero-order valence-electron chi connectivity index (χ0n) is 11.4. The van der Waals surface area contributed by atoms with Crippen LogP contribution in [-0.2, 0) is 6.54 Å². The second-order valence-corrected chi connectivity index (χ2v) is 4.55. The summed E-state index contributed by atoms with van der Waals surface area (Å²) in [6, 6.07) is 2.18. The number of rotatable bonds is 6. The van der Waals surface area contributed by atoms with Crippen molar-refractivity contribution in [2.45, 2.75) is 26.8 Å². The van der Waals surface area contributed by atoms with Crippen molar-refractivity contribution in [3.63, 3.8) is 0 Å². The molecule has 2 aromatic heterocycles. The first-order valence-electron chi connectivity index (χ1n) is 6.36. The van der Waals surface area contributed by atoms with Gasteiger partial charge in [-0.1, -0.05) is 6.92 Å². The van der Waals surface area contributed by atoms with Crippen molar-refractivity contribution in [2.75, 3.05) is 11.9 Å². The van der Waals surface area contributed by atoms with Gasteiger partial charge in [-0.15, -0.1) is 0 Å². The quantitative estimate of drug-likeness (QED) is 0.882. The zero-order valence-corrected chi connectivity index (χ0v) is 12.2. The number of aromatic nitrogens is 4. The topological polar surface area (TPSA) is 72.8 Å². The van der Waals surface area contributed by atoms with E-state index in [0.717, 1.165) is 17.5 Å². The van der Waals surface area contributed by atoms with E-state index in [2.05, 4.69) is 25.3 Å². The molecule has 0 aromatic carbocycles. The molecule has 0 aliphatic carbocycles. The number of aryl methyl sites for hydroxylation is 1. The molecule has 0 saturated carbocycles. The van der Waals surface area contributed by atoms with Gasteiger partial charge in [0.05, 0.1) is 6.61 Å². The van der Waals surface area contributed by atoms with Crippen LogP contribution in [-0.4, -0.2) is 26.5 Å². The van der Waals surface area contributed by atoms with Crippen molar-refractivity contribution in [1.82, 2.24) is 19.9 Å². The molecule has 0 aliphatic heterocycles. The maximum Gasteiger partial charge on any atom is 0.322 e. The van der Waals surface area contributed by atoms with Gasteiger partial charge in [0.2, 0.25) is 11.2 Å². The molecular weight excluding hydrogens is 278 g/mol. The summed E-state index contributed by atoms with van der Waals surface area (Å²) in [5.74, 6) is 0.396. The number of ether oxygens (including phenoxy) is 1. The Labute approximate surface area is 122 Å². The molecule has 0 atom stereocenters. The highest BCUT2D eigenvalue weighted by Crippen LogP contribution is 2.13. The average Bonchev–Trinajstić information content (AvgIpc) is 2.44. The summed E-state index contributed by atoms with van der Waals surface area (Å²) >= 11 is 5.85. The van der Waals surface area contributed by atoms with Crippen LogP contribution in [0, 0.1) is 6.92 Å². The molecule has 2 aromatic rings. The fourth-order valence-electron chi connectivity index (χ4n) is 1.54. The first-order valence-corrected chi connectivity index (χ1v) is 6.74. The average molecular weight is 294 g/mol. The van der Waals surface area contributed by atoms with Gasteiger partial charge < -0.3 is 10.1 Å². The molecule has 0 unspecified atom stereocenters. The van der Waals surface area contributed by atoms with Crippen LogP contribution in [0.4, 0.5) is 5.95 Å². The second kappa shape index (κ2) is 7.00. The molecule has 1 N–H and O–H groups in total. The molecule has 0 saturated heterocycles. The number of nitrogens with zero attached hydrogens (tertiary/aromatic N) is 4. The van der Waals surface area contributed by atoms with Gasteiger partial charge in [0, 0.05) is 18.9 Å². The van der Waals surface area contributed by atoms with Gasteiger partial charge in [-0.2, -0.15) is 15.0 Å². The SMILES string of the molecule is CCCOc1nc(Cl)nc(NCc2ccncc2C)n1. The first kappa shape index (κ1) is 14.5. The number of hydrogen-bond donors (Lipinski definition) is 1. The fraction of sp³-hybridized carbons (Fsp3) is 0.385. The van der Waals surface area contributed by atoms with Crippen molar-refractivity contribution < 1.29 is 4.74 Å². The fourth-order valence-corrected chi connectivity index (χ4v) is 1.70. The van der Waals surface area contributed by atoms with Crippen LogP contribution in [0.15, 0.2) is 18.5 Å². The minimum absolute atomic E-state index is 0.111. The summed E-state index contributed by atoms with van der Waals surface area (Å²) in [6.45, 7) is 5.14. The molecular formula is C13H16ClN5O. The molecule has 0 radical (unpaired) electrons. The summed E-state index contributed by atoms with van der Waals surface area (Å²) in [4.78, 5) is 16.1. The van der Waals surface area contributed by atoms with Crippen LogP contribution in [0.1, 0.15) is 24.5 Å². The van der Waals surface area contributed by atoms with Gasteiger partial charge >= 0.3 is 6.01 Å². The van der Waals surface area contributed by atoms with Gasteiger partial charge in [-0.25, -0.2) is 0 Å². The standard InChI is InChI=1S/C13H16ClN5O/c1-3-6-20-13-18-11(14)17-12(19-13)16-8-10-4-5-15-7-9(10)2/h4-5,7H,3,6,8H2,1-2H3,(H,16,17,18,19). The number of nitrogens with one attached hydrogen (secondary N) is 1. The van der Waals surface area contributed by atoms with E-state index in [1.165, 1.54) is 0 Å². The predicted octanol–water partition coefficient (Wildman–Crippen LogP) is 2.63. The van der Waals surface area contributed by atoms with Gasteiger partial charge in [-0.3, -0.25) is 4.98 Å². The van der Waals surface area contributed by atoms with Gasteiger partial charge in [0.15, 0.2) is 0 Å². The smallest absolute Gasteiger partial charge is 0.322 e. The maximum atomic E-state index is 5.85. The molecule has 2 heterocycles. The lowest BCUT2D eigenvalue weighted by Crippen LogP contribution is -2.08. The Hall–Kier alpha value is -1.95. The van der Waals surface area contributed by atoms with Crippen molar-refractivity contribution >= 4 is 17.5 Å². The van der Waals surface area contributed by atoms with E-state index in [0.29, 0.717) is 19.1 Å². The summed E-state index contributed by atoms with van der Waals surface area (Å²) in [6.07, 6.45) is 4.44. The predicted molar refractivity (Wildman–Crippen MR) is 76.9 cm³/mol. The van der Waals surface area contributed by atoms with E-state index in [4.69, 9.17) is 16.3 Å². The molecule has 0 bridgehead atoms. The van der Waals surface area contributed by atoms with Gasteiger partial charge in [0.25, 0.3) is 0 Å². The third-order valence-corrected chi connectivity index (χ3v) is 2.77. The number of hydrogen-bond acceptors (Lipinski definition) is 6. The lowest BCUT2D eigenvalue weighted by atomic mass is 10.1. The Morgan fingerprint density at radius 3 is 2.90 bits per heavy atom. The van der Waals surface area contributed by atoms with Crippen molar-refractivity contribution in [1.29, 1.82) is 0 Å². The van der Waals surface area contributed by atoms with E-state index >= 15 is 0 Å². The largest absolute Gasteiger partial charge is 0.463 e. The third kappa shape index (κ3) is 4.03. The number of pyridine rings is 1. The summed E-state index contributed by atoms with van der Waals surface area (Å²) in [5, 5.41) is 3.22. The minimum atomic E-state index is 0.111. The zero-order chi connectivity index (χ0) is 14.4. The highest BCUT2D eigenvalue weighted by Gasteiger charge is 2.06. The minimum Gasteiger partial charge on any atom is -0.463 e. The highest BCUT2D eigenvalue weighted by atomic mass is 35.5. The normalized spacial score (nSPS) is 10.3. The molecule has 7 heteroatoms. The lowest BCUT2D eigenvalue weighted by Gasteiger charge is -2.08. The van der Waals surface area contributed by atoms with Crippen LogP contribution in [0.3, 0.4) is 0 Å². The van der Waals surface area contributed by atoms with E-state index in [1.54, 1.807) is 6.20 Å². The van der Waals surface area contributed by atoms with Crippen LogP contribution >= 0.6 is 11.6 Å². The maximum absolute atomic E-state index is 5.85. The third-order valence-electron chi connectivity index (χ3n) is 2.60. The van der Waals surface area contributed by atoms with Crippen LogP contribution in [0.2, 0.25) is 5.28 Å². The Morgan fingerprint density at radius 2 is 2.15 bits per heavy atom. The molecule has 0 spiro atoms. The Balaban J connectivity index is 2.05. The number of anilines is 1. The van der Waals surface area contributed by atoms with Crippen molar-refractivity contribution in [3.05, 3.63) is 34.9 Å². The Bertz CT molecular complexity index is 578. The summed E-state index contributed by atoms with van der Waals surface area (Å²) in [5.41, 5.74) is 2.22. The molecule has 106 valence electrons. The Kier molecular flexibility index (Phi) is 5.06. The summed E-state index contributed by atoms with van der Waals surface area (Å²) in [7, 11) is 0. The van der Waals surface area contributed by atoms with Crippen molar-refractivity contribution in [3.8, 4) is 6.01 Å². The van der Waals surface area contributed by atoms with E-state index in [-0.39, 0.29) is 11.3 Å². The molecule has 6 nitrogen and oxygen atoms in total. The van der Waals surface area contributed by atoms with Crippen molar-refractivity contribution in [2.24, 2.45) is 0 Å². The van der Waals surface area contributed by atoms with Gasteiger partial charge in [-0.05, 0) is 42.1 Å². The Morgan fingerprint density at radius 1 is 1.30 bits per heavy atom. The monoisotopic (exact) mass is 293 g/mol. The second-order valence-electron chi connectivity index (χ2n) is 4.21. The van der Waals surface area contributed by atoms with E-state index < -0.39 is 0 Å².